The predicted octanol–water partition coefficient (Wildman–Crippen LogP) is 2.67. The summed E-state index contributed by atoms with van der Waals surface area (Å²) < 4.78 is 10.7. The standard InChI is InChI=1S/C21H29NO5/c1-4-5-6-7-8-17-18(24)22(13-15-9-11-16(26-3)12-10-15)21(14-23)19(25)27-20(17,21)2/h9-12,17,23H,4-8,13-14H2,1-3H3/t17-,20+,21?/m1/s1. The molecule has 27 heavy (non-hydrogen) atoms. The van der Waals surface area contributed by atoms with Gasteiger partial charge in [-0.2, -0.15) is 0 Å². The van der Waals surface area contributed by atoms with E-state index >= 15 is 0 Å². The van der Waals surface area contributed by atoms with Gasteiger partial charge in [0.05, 0.1) is 19.6 Å². The van der Waals surface area contributed by atoms with Gasteiger partial charge in [-0.3, -0.25) is 4.79 Å². The van der Waals surface area contributed by atoms with Gasteiger partial charge in [0, 0.05) is 6.54 Å². The van der Waals surface area contributed by atoms with Gasteiger partial charge in [-0.25, -0.2) is 4.79 Å². The number of benzene rings is 1. The Hall–Kier alpha value is -2.08. The van der Waals surface area contributed by atoms with E-state index in [-0.39, 0.29) is 12.5 Å². The molecule has 2 heterocycles. The highest BCUT2D eigenvalue weighted by Gasteiger charge is 2.79. The molecule has 2 saturated heterocycles. The van der Waals surface area contributed by atoms with E-state index in [9.17, 15) is 14.7 Å². The van der Waals surface area contributed by atoms with Crippen LogP contribution in [0.15, 0.2) is 24.3 Å². The van der Waals surface area contributed by atoms with Gasteiger partial charge in [0.25, 0.3) is 0 Å². The Morgan fingerprint density at radius 3 is 2.44 bits per heavy atom. The molecular weight excluding hydrogens is 346 g/mol. The number of ether oxygens (including phenoxy) is 2. The van der Waals surface area contributed by atoms with Crippen LogP contribution < -0.4 is 4.74 Å². The molecule has 0 aromatic heterocycles. The molecule has 0 radical (unpaired) electrons. The van der Waals surface area contributed by atoms with Gasteiger partial charge in [0.2, 0.25) is 11.4 Å². The van der Waals surface area contributed by atoms with Crippen molar-refractivity contribution < 1.29 is 24.2 Å². The second kappa shape index (κ2) is 7.50. The van der Waals surface area contributed by atoms with Gasteiger partial charge in [-0.05, 0) is 31.0 Å². The zero-order valence-electron chi connectivity index (χ0n) is 16.4. The Morgan fingerprint density at radius 2 is 1.89 bits per heavy atom. The van der Waals surface area contributed by atoms with Gasteiger partial charge in [0.1, 0.15) is 5.75 Å². The van der Waals surface area contributed by atoms with Crippen LogP contribution in [-0.4, -0.2) is 46.7 Å². The van der Waals surface area contributed by atoms with Crippen molar-refractivity contribution in [1.82, 2.24) is 4.90 Å². The van der Waals surface area contributed by atoms with Crippen LogP contribution in [0, 0.1) is 5.92 Å². The Balaban J connectivity index is 1.84. The molecule has 1 unspecified atom stereocenters. The van der Waals surface area contributed by atoms with E-state index in [2.05, 4.69) is 6.92 Å². The molecule has 3 rings (SSSR count). The highest BCUT2D eigenvalue weighted by atomic mass is 16.6. The van der Waals surface area contributed by atoms with Crippen LogP contribution in [-0.2, 0) is 20.9 Å². The molecule has 0 bridgehead atoms. The normalized spacial score (nSPS) is 29.3. The molecule has 0 spiro atoms. The third kappa shape index (κ3) is 2.90. The number of esters is 1. The molecule has 1 aromatic carbocycles. The van der Waals surface area contributed by atoms with Crippen LogP contribution >= 0.6 is 0 Å². The van der Waals surface area contributed by atoms with Crippen LogP contribution in [0.1, 0.15) is 51.5 Å². The minimum Gasteiger partial charge on any atom is -0.497 e. The molecule has 0 aliphatic carbocycles. The summed E-state index contributed by atoms with van der Waals surface area (Å²) in [5, 5.41) is 10.1. The molecule has 1 amide bonds. The molecule has 0 saturated carbocycles. The lowest BCUT2D eigenvalue weighted by Gasteiger charge is -2.53. The maximum absolute atomic E-state index is 13.2. The number of nitrogens with zero attached hydrogens (tertiary/aromatic N) is 1. The van der Waals surface area contributed by atoms with Gasteiger partial charge in [-0.15, -0.1) is 0 Å². The summed E-state index contributed by atoms with van der Waals surface area (Å²) in [7, 11) is 1.60. The van der Waals surface area contributed by atoms with Crippen molar-refractivity contribution in [3.05, 3.63) is 29.8 Å². The minimum absolute atomic E-state index is 0.107. The Kier molecular flexibility index (Phi) is 5.47. The Morgan fingerprint density at radius 1 is 1.19 bits per heavy atom. The fourth-order valence-electron chi connectivity index (χ4n) is 4.47. The van der Waals surface area contributed by atoms with Crippen LogP contribution in [0.5, 0.6) is 5.75 Å². The number of methoxy groups -OCH3 is 1. The Labute approximate surface area is 160 Å². The van der Waals surface area contributed by atoms with E-state index in [1.54, 1.807) is 14.0 Å². The molecule has 2 fully saturated rings. The molecular formula is C21H29NO5. The number of unbranched alkanes of at least 4 members (excludes halogenated alkanes) is 3. The summed E-state index contributed by atoms with van der Waals surface area (Å²) in [5.41, 5.74) is -1.36. The highest BCUT2D eigenvalue weighted by Crippen LogP contribution is 2.55. The quantitative estimate of drug-likeness (QED) is 0.530. The number of fused-ring (bicyclic) bond motifs is 1. The van der Waals surface area contributed by atoms with Gasteiger partial charge < -0.3 is 19.5 Å². The summed E-state index contributed by atoms with van der Waals surface area (Å²) >= 11 is 0. The second-order valence-electron chi connectivity index (χ2n) is 7.69. The first-order chi connectivity index (χ1) is 12.9. The average Bonchev–Trinajstić information content (AvgIpc) is 2.80. The lowest BCUT2D eigenvalue weighted by molar-refractivity contribution is -0.240. The van der Waals surface area contributed by atoms with Gasteiger partial charge in [-0.1, -0.05) is 44.7 Å². The monoisotopic (exact) mass is 375 g/mol. The van der Waals surface area contributed by atoms with Gasteiger partial charge >= 0.3 is 5.97 Å². The molecule has 6 nitrogen and oxygen atoms in total. The molecule has 1 N–H and O–H groups in total. The lowest BCUT2D eigenvalue weighted by atomic mass is 9.70. The largest absolute Gasteiger partial charge is 0.497 e. The number of carbonyl (C=O) groups is 2. The first kappa shape index (κ1) is 19.7. The number of likely N-dealkylation sites (tertiary alicyclic amines) is 1. The maximum Gasteiger partial charge on any atom is 0.339 e. The van der Waals surface area contributed by atoms with E-state index < -0.39 is 29.6 Å². The fourth-order valence-corrected chi connectivity index (χ4v) is 4.47. The van der Waals surface area contributed by atoms with Gasteiger partial charge in [0.15, 0.2) is 5.60 Å². The molecule has 1 aromatic rings. The van der Waals surface area contributed by atoms with Crippen molar-refractivity contribution in [3.63, 3.8) is 0 Å². The van der Waals surface area contributed by atoms with Crippen molar-refractivity contribution >= 4 is 11.9 Å². The topological polar surface area (TPSA) is 76.1 Å². The minimum atomic E-state index is -1.28. The third-order valence-corrected chi connectivity index (χ3v) is 6.23. The summed E-state index contributed by atoms with van der Waals surface area (Å²) in [6.45, 7) is 3.78. The second-order valence-corrected chi connectivity index (χ2v) is 7.69. The zero-order chi connectivity index (χ0) is 19.7. The fraction of sp³-hybridized carbons (Fsp3) is 0.619. The number of hydrogen-bond donors (Lipinski definition) is 1. The van der Waals surface area contributed by atoms with Crippen molar-refractivity contribution in [3.8, 4) is 5.75 Å². The van der Waals surface area contributed by atoms with E-state index in [0.29, 0.717) is 6.42 Å². The van der Waals surface area contributed by atoms with E-state index in [1.165, 1.54) is 4.90 Å². The van der Waals surface area contributed by atoms with Crippen molar-refractivity contribution in [2.24, 2.45) is 5.92 Å². The van der Waals surface area contributed by atoms with E-state index in [0.717, 1.165) is 37.0 Å². The highest BCUT2D eigenvalue weighted by molar-refractivity contribution is 6.01. The summed E-state index contributed by atoms with van der Waals surface area (Å²) in [6.07, 6.45) is 4.88. The first-order valence-corrected chi connectivity index (χ1v) is 9.73. The van der Waals surface area contributed by atoms with Crippen LogP contribution in [0.2, 0.25) is 0 Å². The molecule has 2 aliphatic heterocycles. The third-order valence-electron chi connectivity index (χ3n) is 6.23. The predicted molar refractivity (Wildman–Crippen MR) is 100 cm³/mol. The summed E-state index contributed by atoms with van der Waals surface area (Å²) in [5.74, 6) is -0.294. The molecule has 6 heteroatoms. The number of rotatable bonds is 9. The first-order valence-electron chi connectivity index (χ1n) is 9.73. The zero-order valence-corrected chi connectivity index (χ0v) is 16.4. The van der Waals surface area contributed by atoms with Crippen LogP contribution in [0.4, 0.5) is 0 Å². The molecule has 3 atom stereocenters. The van der Waals surface area contributed by atoms with Crippen molar-refractivity contribution in [2.45, 2.75) is 63.6 Å². The SMILES string of the molecule is CCCCCC[C@@H]1C(=O)N(Cc2ccc(OC)cc2)C2(CO)C(=O)O[C@@]12C. The molecule has 2 aliphatic rings. The molecule has 148 valence electrons. The number of amides is 1. The average molecular weight is 375 g/mol. The van der Waals surface area contributed by atoms with Crippen molar-refractivity contribution in [2.75, 3.05) is 13.7 Å². The number of carbonyl (C=O) groups excluding carboxylic acids is 2. The Bertz CT molecular complexity index is 703. The van der Waals surface area contributed by atoms with E-state index in [4.69, 9.17) is 9.47 Å². The van der Waals surface area contributed by atoms with E-state index in [1.807, 2.05) is 24.3 Å². The summed E-state index contributed by atoms with van der Waals surface area (Å²) in [4.78, 5) is 27.2. The number of aliphatic hydroxyl groups is 1. The number of aliphatic hydroxyl groups excluding tert-OH is 1. The van der Waals surface area contributed by atoms with Crippen molar-refractivity contribution in [1.29, 1.82) is 0 Å². The number of hydrogen-bond acceptors (Lipinski definition) is 5. The van der Waals surface area contributed by atoms with Crippen LogP contribution in [0.25, 0.3) is 0 Å². The summed E-state index contributed by atoms with van der Waals surface area (Å²) in [6, 6.07) is 7.38. The maximum atomic E-state index is 13.2. The lowest BCUT2D eigenvalue weighted by Crippen LogP contribution is -2.76. The smallest absolute Gasteiger partial charge is 0.339 e. The van der Waals surface area contributed by atoms with Crippen LogP contribution in [0.3, 0.4) is 0 Å².